The number of aromatic amines is 1. The van der Waals surface area contributed by atoms with E-state index in [9.17, 15) is 4.79 Å². The van der Waals surface area contributed by atoms with Crippen molar-refractivity contribution < 1.29 is 5.11 Å². The molecular formula is C14H18N4O2. The molecule has 2 aromatic rings. The summed E-state index contributed by atoms with van der Waals surface area (Å²) in [7, 11) is 0. The van der Waals surface area contributed by atoms with E-state index in [-0.39, 0.29) is 12.2 Å². The summed E-state index contributed by atoms with van der Waals surface area (Å²) in [5.41, 5.74) is 6.74. The van der Waals surface area contributed by atoms with Gasteiger partial charge in [0.1, 0.15) is 0 Å². The van der Waals surface area contributed by atoms with Crippen molar-refractivity contribution in [2.75, 3.05) is 30.3 Å². The molecule has 0 aliphatic carbocycles. The van der Waals surface area contributed by atoms with Crippen molar-refractivity contribution in [2.24, 2.45) is 5.92 Å². The number of nitrogens with one attached hydrogen (secondary N) is 1. The molecule has 0 atom stereocenters. The number of piperidine rings is 1. The van der Waals surface area contributed by atoms with Gasteiger partial charge in [-0.3, -0.25) is 9.78 Å². The van der Waals surface area contributed by atoms with Crippen molar-refractivity contribution in [1.29, 1.82) is 0 Å². The van der Waals surface area contributed by atoms with E-state index in [1.165, 1.54) is 0 Å². The Balaban J connectivity index is 1.93. The van der Waals surface area contributed by atoms with Crippen LogP contribution in [-0.2, 0) is 0 Å². The number of rotatable bonds is 2. The molecule has 1 aliphatic heterocycles. The molecule has 2 heterocycles. The van der Waals surface area contributed by atoms with Crippen LogP contribution >= 0.6 is 0 Å². The lowest BCUT2D eigenvalue weighted by Crippen LogP contribution is -2.36. The molecule has 6 heteroatoms. The van der Waals surface area contributed by atoms with Crippen molar-refractivity contribution in [1.82, 2.24) is 9.97 Å². The van der Waals surface area contributed by atoms with E-state index in [1.807, 2.05) is 0 Å². The summed E-state index contributed by atoms with van der Waals surface area (Å²) in [4.78, 5) is 21.5. The molecule has 20 heavy (non-hydrogen) atoms. The lowest BCUT2D eigenvalue weighted by molar-refractivity contribution is 0.202. The van der Waals surface area contributed by atoms with Gasteiger partial charge in [-0.2, -0.15) is 0 Å². The molecule has 1 fully saturated rings. The van der Waals surface area contributed by atoms with Gasteiger partial charge in [-0.1, -0.05) is 0 Å². The van der Waals surface area contributed by atoms with Crippen molar-refractivity contribution in [3.05, 3.63) is 28.6 Å². The molecule has 0 bridgehead atoms. The number of benzene rings is 1. The van der Waals surface area contributed by atoms with Gasteiger partial charge in [0.25, 0.3) is 5.56 Å². The summed E-state index contributed by atoms with van der Waals surface area (Å²) in [5.74, 6) is 0.960. The van der Waals surface area contributed by atoms with E-state index in [1.54, 1.807) is 18.2 Å². The first-order valence-corrected chi connectivity index (χ1v) is 6.83. The van der Waals surface area contributed by atoms with Gasteiger partial charge in [0.2, 0.25) is 5.95 Å². The first-order valence-electron chi connectivity index (χ1n) is 6.83. The molecule has 3 rings (SSSR count). The first-order chi connectivity index (χ1) is 9.67. The summed E-state index contributed by atoms with van der Waals surface area (Å²) in [6, 6.07) is 5.16. The Hall–Kier alpha value is -2.08. The standard InChI is InChI=1S/C14H18N4O2/c15-10-1-2-12-11(7-10)13(20)17-14(16-12)18-5-3-9(8-19)4-6-18/h1-2,7,9,19H,3-6,8,15H2,(H,16,17,20). The Bertz CT molecular complexity index is 674. The van der Waals surface area contributed by atoms with Gasteiger partial charge in [-0.05, 0) is 37.0 Å². The Morgan fingerprint density at radius 3 is 2.85 bits per heavy atom. The number of nitrogens with zero attached hydrogens (tertiary/aromatic N) is 2. The van der Waals surface area contributed by atoms with Crippen LogP contribution in [0.4, 0.5) is 11.6 Å². The number of anilines is 2. The van der Waals surface area contributed by atoms with Crippen LogP contribution in [0.3, 0.4) is 0 Å². The number of hydrogen-bond donors (Lipinski definition) is 3. The van der Waals surface area contributed by atoms with Gasteiger partial charge in [0.05, 0.1) is 10.9 Å². The molecule has 0 radical (unpaired) electrons. The van der Waals surface area contributed by atoms with Gasteiger partial charge in [0, 0.05) is 25.4 Å². The van der Waals surface area contributed by atoms with E-state index in [4.69, 9.17) is 10.8 Å². The fourth-order valence-corrected chi connectivity index (χ4v) is 2.62. The van der Waals surface area contributed by atoms with Crippen LogP contribution in [0.5, 0.6) is 0 Å². The summed E-state index contributed by atoms with van der Waals surface area (Å²) >= 11 is 0. The second kappa shape index (κ2) is 5.13. The summed E-state index contributed by atoms with van der Waals surface area (Å²) in [6.45, 7) is 1.83. The molecule has 1 saturated heterocycles. The normalized spacial score (nSPS) is 16.8. The van der Waals surface area contributed by atoms with Crippen LogP contribution in [-0.4, -0.2) is 34.8 Å². The largest absolute Gasteiger partial charge is 0.399 e. The SMILES string of the molecule is Nc1ccc2nc(N3CCC(CO)CC3)[nH]c(=O)c2c1. The number of aliphatic hydroxyl groups is 1. The minimum absolute atomic E-state index is 0.165. The number of H-pyrrole nitrogens is 1. The smallest absolute Gasteiger partial charge is 0.260 e. The maximum atomic E-state index is 12.1. The highest BCUT2D eigenvalue weighted by molar-refractivity contribution is 5.81. The molecule has 106 valence electrons. The van der Waals surface area contributed by atoms with Gasteiger partial charge < -0.3 is 15.7 Å². The highest BCUT2D eigenvalue weighted by Crippen LogP contribution is 2.21. The Morgan fingerprint density at radius 2 is 2.15 bits per heavy atom. The first kappa shape index (κ1) is 12.9. The fourth-order valence-electron chi connectivity index (χ4n) is 2.62. The van der Waals surface area contributed by atoms with E-state index in [0.717, 1.165) is 25.9 Å². The molecule has 1 aromatic heterocycles. The highest BCUT2D eigenvalue weighted by atomic mass is 16.3. The summed E-state index contributed by atoms with van der Waals surface area (Å²) in [6.07, 6.45) is 1.83. The van der Waals surface area contributed by atoms with Crippen LogP contribution in [0.25, 0.3) is 10.9 Å². The zero-order chi connectivity index (χ0) is 14.1. The summed E-state index contributed by atoms with van der Waals surface area (Å²) in [5, 5.41) is 9.67. The summed E-state index contributed by atoms with van der Waals surface area (Å²) < 4.78 is 0. The highest BCUT2D eigenvalue weighted by Gasteiger charge is 2.20. The van der Waals surface area contributed by atoms with Crippen LogP contribution in [0.1, 0.15) is 12.8 Å². The number of aliphatic hydroxyl groups excluding tert-OH is 1. The minimum atomic E-state index is -0.165. The number of nitrogen functional groups attached to an aromatic ring is 1. The molecule has 6 nitrogen and oxygen atoms in total. The second-order valence-corrected chi connectivity index (χ2v) is 5.28. The van der Waals surface area contributed by atoms with Crippen LogP contribution < -0.4 is 16.2 Å². The molecule has 0 unspecified atom stereocenters. The molecule has 0 saturated carbocycles. The number of fused-ring (bicyclic) bond motifs is 1. The van der Waals surface area contributed by atoms with E-state index >= 15 is 0 Å². The van der Waals surface area contributed by atoms with Crippen molar-refractivity contribution in [3.8, 4) is 0 Å². The van der Waals surface area contributed by atoms with Crippen molar-refractivity contribution >= 4 is 22.5 Å². The number of aromatic nitrogens is 2. The lowest BCUT2D eigenvalue weighted by Gasteiger charge is -2.31. The third kappa shape index (κ3) is 2.34. The molecule has 0 spiro atoms. The third-order valence-corrected chi connectivity index (χ3v) is 3.89. The lowest BCUT2D eigenvalue weighted by atomic mass is 9.98. The maximum absolute atomic E-state index is 12.1. The molecular weight excluding hydrogens is 256 g/mol. The third-order valence-electron chi connectivity index (χ3n) is 3.89. The molecule has 1 aliphatic rings. The zero-order valence-electron chi connectivity index (χ0n) is 11.2. The predicted octanol–water partition coefficient (Wildman–Crippen LogP) is 0.714. The van der Waals surface area contributed by atoms with Crippen LogP contribution in [0.15, 0.2) is 23.0 Å². The molecule has 0 amide bonds. The average molecular weight is 274 g/mol. The van der Waals surface area contributed by atoms with Gasteiger partial charge in [-0.25, -0.2) is 4.98 Å². The van der Waals surface area contributed by atoms with Gasteiger partial charge >= 0.3 is 0 Å². The van der Waals surface area contributed by atoms with Gasteiger partial charge in [-0.15, -0.1) is 0 Å². The van der Waals surface area contributed by atoms with Gasteiger partial charge in [0.15, 0.2) is 0 Å². The van der Waals surface area contributed by atoms with E-state index in [2.05, 4.69) is 14.9 Å². The van der Waals surface area contributed by atoms with E-state index < -0.39 is 0 Å². The quantitative estimate of drug-likeness (QED) is 0.701. The van der Waals surface area contributed by atoms with Crippen LogP contribution in [0.2, 0.25) is 0 Å². The maximum Gasteiger partial charge on any atom is 0.260 e. The Labute approximate surface area is 116 Å². The Kier molecular flexibility index (Phi) is 3.31. The topological polar surface area (TPSA) is 95.2 Å². The van der Waals surface area contributed by atoms with Crippen molar-refractivity contribution in [2.45, 2.75) is 12.8 Å². The fraction of sp³-hybridized carbons (Fsp3) is 0.429. The second-order valence-electron chi connectivity index (χ2n) is 5.28. The number of nitrogens with two attached hydrogens (primary N) is 1. The monoisotopic (exact) mass is 274 g/mol. The molecule has 4 N–H and O–H groups in total. The predicted molar refractivity (Wildman–Crippen MR) is 78.8 cm³/mol. The van der Waals surface area contributed by atoms with E-state index in [0.29, 0.717) is 28.5 Å². The Morgan fingerprint density at radius 1 is 1.40 bits per heavy atom. The average Bonchev–Trinajstić information content (AvgIpc) is 2.48. The minimum Gasteiger partial charge on any atom is -0.399 e. The zero-order valence-corrected chi connectivity index (χ0v) is 11.2. The number of hydrogen-bond acceptors (Lipinski definition) is 5. The molecule has 1 aromatic carbocycles. The van der Waals surface area contributed by atoms with Crippen molar-refractivity contribution in [3.63, 3.8) is 0 Å². The van der Waals surface area contributed by atoms with Crippen LogP contribution in [0, 0.1) is 5.92 Å².